The molecule has 1 heterocycles. The Labute approximate surface area is 107 Å². The molecule has 0 aliphatic rings. The zero-order valence-corrected chi connectivity index (χ0v) is 11.2. The minimum absolute atomic E-state index is 0.00459. The van der Waals surface area contributed by atoms with Crippen LogP contribution in [0.15, 0.2) is 16.5 Å². The number of carbonyl (C=O) groups excluding carboxylic acids is 1. The van der Waals surface area contributed by atoms with E-state index in [1.165, 1.54) is 0 Å². The maximum atomic E-state index is 12.1. The summed E-state index contributed by atoms with van der Waals surface area (Å²) in [6.45, 7) is 6.76. The van der Waals surface area contributed by atoms with Crippen molar-refractivity contribution >= 4 is 23.1 Å². The summed E-state index contributed by atoms with van der Waals surface area (Å²) in [7, 11) is 0. The molecule has 4 nitrogen and oxygen atoms in total. The summed E-state index contributed by atoms with van der Waals surface area (Å²) in [5.41, 5.74) is 5.55. The Hall–Kier alpha value is -1.36. The second kappa shape index (κ2) is 5.82. The Balaban J connectivity index is 2.74. The van der Waals surface area contributed by atoms with Gasteiger partial charge < -0.3 is 15.1 Å². The van der Waals surface area contributed by atoms with Crippen molar-refractivity contribution < 1.29 is 9.21 Å². The van der Waals surface area contributed by atoms with Gasteiger partial charge in [0.1, 0.15) is 5.76 Å². The van der Waals surface area contributed by atoms with Crippen LogP contribution < -0.4 is 5.73 Å². The zero-order chi connectivity index (χ0) is 13.0. The van der Waals surface area contributed by atoms with E-state index in [1.807, 2.05) is 20.8 Å². The van der Waals surface area contributed by atoms with Crippen molar-refractivity contribution in [1.29, 1.82) is 0 Å². The normalized spacial score (nSPS) is 12.2. The van der Waals surface area contributed by atoms with Crippen molar-refractivity contribution in [1.82, 2.24) is 4.90 Å². The highest BCUT2D eigenvalue weighted by Gasteiger charge is 2.20. The predicted molar refractivity (Wildman–Crippen MR) is 71.0 cm³/mol. The predicted octanol–water partition coefficient (Wildman–Crippen LogP) is 1.97. The first kappa shape index (κ1) is 13.7. The molecule has 0 aliphatic carbocycles. The van der Waals surface area contributed by atoms with Crippen LogP contribution in [-0.2, 0) is 0 Å². The van der Waals surface area contributed by atoms with Gasteiger partial charge in [0.25, 0.3) is 5.91 Å². The Kier molecular flexibility index (Phi) is 4.69. The zero-order valence-electron chi connectivity index (χ0n) is 10.4. The molecule has 1 rings (SSSR count). The first-order chi connectivity index (χ1) is 7.95. The van der Waals surface area contributed by atoms with E-state index in [0.29, 0.717) is 23.8 Å². The summed E-state index contributed by atoms with van der Waals surface area (Å²) >= 11 is 4.91. The minimum atomic E-state index is -0.122. The Morgan fingerprint density at radius 3 is 2.65 bits per heavy atom. The molecule has 1 atom stereocenters. The fraction of sp³-hybridized carbons (Fsp3) is 0.500. The SMILES string of the molecule is CCN(CC(C)C(N)=S)C(=O)c1ccc(C)o1. The van der Waals surface area contributed by atoms with Crippen molar-refractivity contribution in [3.05, 3.63) is 23.7 Å². The summed E-state index contributed by atoms with van der Waals surface area (Å²) in [5, 5.41) is 0. The molecule has 0 saturated heterocycles. The average Bonchev–Trinajstić information content (AvgIpc) is 2.71. The highest BCUT2D eigenvalue weighted by molar-refractivity contribution is 7.80. The van der Waals surface area contributed by atoms with Crippen molar-refractivity contribution in [2.75, 3.05) is 13.1 Å². The van der Waals surface area contributed by atoms with E-state index in [9.17, 15) is 4.79 Å². The quantitative estimate of drug-likeness (QED) is 0.816. The highest BCUT2D eigenvalue weighted by Crippen LogP contribution is 2.11. The number of nitrogens with zero attached hydrogens (tertiary/aromatic N) is 1. The summed E-state index contributed by atoms with van der Waals surface area (Å²) in [6, 6.07) is 3.46. The maximum absolute atomic E-state index is 12.1. The van der Waals surface area contributed by atoms with Crippen LogP contribution >= 0.6 is 12.2 Å². The van der Waals surface area contributed by atoms with Crippen LogP contribution in [0, 0.1) is 12.8 Å². The summed E-state index contributed by atoms with van der Waals surface area (Å²) in [5.74, 6) is 0.972. The number of carbonyl (C=O) groups is 1. The van der Waals surface area contributed by atoms with E-state index in [2.05, 4.69) is 0 Å². The van der Waals surface area contributed by atoms with Gasteiger partial charge in [-0.25, -0.2) is 0 Å². The molecule has 5 heteroatoms. The molecule has 0 aromatic carbocycles. The number of furan rings is 1. The second-order valence-corrected chi connectivity index (χ2v) is 4.53. The molecular formula is C12H18N2O2S. The minimum Gasteiger partial charge on any atom is -0.456 e. The Morgan fingerprint density at radius 2 is 2.24 bits per heavy atom. The third-order valence-electron chi connectivity index (χ3n) is 2.60. The van der Waals surface area contributed by atoms with Crippen LogP contribution in [0.25, 0.3) is 0 Å². The molecule has 1 unspecified atom stereocenters. The molecule has 1 amide bonds. The molecular weight excluding hydrogens is 236 g/mol. The van der Waals surface area contributed by atoms with Crippen LogP contribution in [0.2, 0.25) is 0 Å². The van der Waals surface area contributed by atoms with Crippen LogP contribution in [0.3, 0.4) is 0 Å². The lowest BCUT2D eigenvalue weighted by molar-refractivity contribution is 0.0721. The van der Waals surface area contributed by atoms with Gasteiger partial charge in [0.05, 0.1) is 4.99 Å². The first-order valence-electron chi connectivity index (χ1n) is 5.60. The van der Waals surface area contributed by atoms with E-state index < -0.39 is 0 Å². The van der Waals surface area contributed by atoms with Crippen molar-refractivity contribution in [3.8, 4) is 0 Å². The standard InChI is InChI=1S/C12H18N2O2S/c1-4-14(7-8(2)11(13)17)12(15)10-6-5-9(3)16-10/h5-6,8H,4,7H2,1-3H3,(H2,13,17). The van der Waals surface area contributed by atoms with Gasteiger partial charge in [-0.1, -0.05) is 19.1 Å². The third kappa shape index (κ3) is 3.56. The average molecular weight is 254 g/mol. The van der Waals surface area contributed by atoms with Crippen LogP contribution in [0.5, 0.6) is 0 Å². The largest absolute Gasteiger partial charge is 0.456 e. The molecule has 2 N–H and O–H groups in total. The van der Waals surface area contributed by atoms with Gasteiger partial charge >= 0.3 is 0 Å². The highest BCUT2D eigenvalue weighted by atomic mass is 32.1. The lowest BCUT2D eigenvalue weighted by atomic mass is 10.1. The molecule has 0 aliphatic heterocycles. The van der Waals surface area contributed by atoms with Gasteiger partial charge in [0, 0.05) is 19.0 Å². The first-order valence-corrected chi connectivity index (χ1v) is 6.01. The summed E-state index contributed by atoms with van der Waals surface area (Å²) in [4.78, 5) is 14.2. The fourth-order valence-electron chi connectivity index (χ4n) is 1.48. The number of nitrogens with two attached hydrogens (primary N) is 1. The molecule has 0 radical (unpaired) electrons. The lowest BCUT2D eigenvalue weighted by Gasteiger charge is -2.23. The molecule has 0 bridgehead atoms. The molecule has 17 heavy (non-hydrogen) atoms. The number of amides is 1. The molecule has 0 fully saturated rings. The number of thiocarbonyl (C=S) groups is 1. The topological polar surface area (TPSA) is 59.5 Å². The van der Waals surface area contributed by atoms with Gasteiger partial charge in [-0.05, 0) is 26.0 Å². The van der Waals surface area contributed by atoms with Crippen molar-refractivity contribution in [3.63, 3.8) is 0 Å². The van der Waals surface area contributed by atoms with Gasteiger partial charge in [-0.2, -0.15) is 0 Å². The Bertz CT molecular complexity index is 414. The van der Waals surface area contributed by atoms with Gasteiger partial charge in [-0.15, -0.1) is 0 Å². The van der Waals surface area contributed by atoms with Gasteiger partial charge in [0.2, 0.25) is 0 Å². The molecule has 0 spiro atoms. The number of aryl methyl sites for hydroxylation is 1. The van der Waals surface area contributed by atoms with Crippen LogP contribution in [0.1, 0.15) is 30.2 Å². The second-order valence-electron chi connectivity index (χ2n) is 4.06. The van der Waals surface area contributed by atoms with Crippen molar-refractivity contribution in [2.45, 2.75) is 20.8 Å². The van der Waals surface area contributed by atoms with E-state index in [-0.39, 0.29) is 11.8 Å². The van der Waals surface area contributed by atoms with E-state index >= 15 is 0 Å². The summed E-state index contributed by atoms with van der Waals surface area (Å²) < 4.78 is 5.31. The number of rotatable bonds is 5. The molecule has 1 aromatic rings. The third-order valence-corrected chi connectivity index (χ3v) is 3.00. The molecule has 94 valence electrons. The smallest absolute Gasteiger partial charge is 0.289 e. The lowest BCUT2D eigenvalue weighted by Crippen LogP contribution is -2.38. The van der Waals surface area contributed by atoms with Gasteiger partial charge in [-0.3, -0.25) is 4.79 Å². The Morgan fingerprint density at radius 1 is 1.59 bits per heavy atom. The number of hydrogen-bond acceptors (Lipinski definition) is 3. The van der Waals surface area contributed by atoms with E-state index in [0.717, 1.165) is 5.76 Å². The monoisotopic (exact) mass is 254 g/mol. The molecule has 0 saturated carbocycles. The fourth-order valence-corrected chi connectivity index (χ4v) is 1.56. The van der Waals surface area contributed by atoms with Crippen molar-refractivity contribution in [2.24, 2.45) is 11.7 Å². The van der Waals surface area contributed by atoms with E-state index in [4.69, 9.17) is 22.4 Å². The maximum Gasteiger partial charge on any atom is 0.289 e. The van der Waals surface area contributed by atoms with Crippen LogP contribution in [0.4, 0.5) is 0 Å². The number of hydrogen-bond donors (Lipinski definition) is 1. The molecule has 1 aromatic heterocycles. The van der Waals surface area contributed by atoms with E-state index in [1.54, 1.807) is 17.0 Å². The van der Waals surface area contributed by atoms with Gasteiger partial charge in [0.15, 0.2) is 5.76 Å². The summed E-state index contributed by atoms with van der Waals surface area (Å²) in [6.07, 6.45) is 0. The van der Waals surface area contributed by atoms with Crippen LogP contribution in [-0.4, -0.2) is 28.9 Å².